The standard InChI is InChI=1S/C12H18N2O2/c1-3-14-11(9-4-5-9)7-10(13-14)6-8(2)12(15)16/h7-9H,3-6H2,1-2H3,(H,15,16). The van der Waals surface area contributed by atoms with Gasteiger partial charge in [-0.2, -0.15) is 5.10 Å². The molecule has 1 aromatic heterocycles. The van der Waals surface area contributed by atoms with Crippen molar-refractivity contribution in [1.29, 1.82) is 0 Å². The molecule has 0 aromatic carbocycles. The smallest absolute Gasteiger partial charge is 0.306 e. The van der Waals surface area contributed by atoms with E-state index in [1.54, 1.807) is 6.92 Å². The van der Waals surface area contributed by atoms with E-state index in [2.05, 4.69) is 18.1 Å². The van der Waals surface area contributed by atoms with Crippen LogP contribution in [0, 0.1) is 5.92 Å². The molecule has 1 fully saturated rings. The average molecular weight is 222 g/mol. The van der Waals surface area contributed by atoms with Crippen molar-refractivity contribution in [3.8, 4) is 0 Å². The third-order valence-electron chi connectivity index (χ3n) is 3.09. The lowest BCUT2D eigenvalue weighted by atomic mass is 10.1. The maximum atomic E-state index is 10.8. The highest BCUT2D eigenvalue weighted by molar-refractivity contribution is 5.69. The first-order chi connectivity index (χ1) is 7.61. The van der Waals surface area contributed by atoms with Crippen molar-refractivity contribution in [2.75, 3.05) is 0 Å². The zero-order valence-corrected chi connectivity index (χ0v) is 9.81. The summed E-state index contributed by atoms with van der Waals surface area (Å²) in [7, 11) is 0. The number of aliphatic carboxylic acids is 1. The number of carboxylic acids is 1. The normalized spacial score (nSPS) is 17.4. The van der Waals surface area contributed by atoms with Gasteiger partial charge < -0.3 is 5.11 Å². The SMILES string of the molecule is CCn1nc(CC(C)C(=O)O)cc1C1CC1. The Kier molecular flexibility index (Phi) is 2.99. The molecule has 1 N–H and O–H groups in total. The number of nitrogens with zero attached hydrogens (tertiary/aromatic N) is 2. The molecule has 1 atom stereocenters. The molecule has 1 aliphatic rings. The number of carbonyl (C=O) groups is 1. The van der Waals surface area contributed by atoms with Crippen LogP contribution < -0.4 is 0 Å². The third kappa shape index (κ3) is 2.26. The second-order valence-electron chi connectivity index (χ2n) is 4.59. The molecule has 1 unspecified atom stereocenters. The maximum Gasteiger partial charge on any atom is 0.306 e. The highest BCUT2D eigenvalue weighted by Crippen LogP contribution is 2.40. The predicted molar refractivity (Wildman–Crippen MR) is 60.4 cm³/mol. The van der Waals surface area contributed by atoms with Gasteiger partial charge in [-0.15, -0.1) is 0 Å². The van der Waals surface area contributed by atoms with E-state index < -0.39 is 5.97 Å². The lowest BCUT2D eigenvalue weighted by molar-refractivity contribution is -0.141. The second kappa shape index (κ2) is 4.28. The first-order valence-corrected chi connectivity index (χ1v) is 5.91. The van der Waals surface area contributed by atoms with Crippen LogP contribution in [-0.4, -0.2) is 20.9 Å². The monoisotopic (exact) mass is 222 g/mol. The van der Waals surface area contributed by atoms with E-state index in [0.29, 0.717) is 12.3 Å². The van der Waals surface area contributed by atoms with Gasteiger partial charge in [0.1, 0.15) is 0 Å². The van der Waals surface area contributed by atoms with Crippen LogP contribution in [0.1, 0.15) is 44.0 Å². The largest absolute Gasteiger partial charge is 0.481 e. The number of hydrogen-bond acceptors (Lipinski definition) is 2. The van der Waals surface area contributed by atoms with Gasteiger partial charge in [0.15, 0.2) is 0 Å². The summed E-state index contributed by atoms with van der Waals surface area (Å²) in [5, 5.41) is 13.3. The minimum Gasteiger partial charge on any atom is -0.481 e. The first kappa shape index (κ1) is 11.2. The van der Waals surface area contributed by atoms with Crippen molar-refractivity contribution in [2.45, 2.75) is 45.6 Å². The van der Waals surface area contributed by atoms with Gasteiger partial charge in [0.2, 0.25) is 0 Å². The van der Waals surface area contributed by atoms with Crippen LogP contribution in [0.5, 0.6) is 0 Å². The molecule has 0 aliphatic heterocycles. The number of aromatic nitrogens is 2. The molecule has 1 aliphatic carbocycles. The molecule has 0 radical (unpaired) electrons. The van der Waals surface area contributed by atoms with Crippen molar-refractivity contribution in [2.24, 2.45) is 5.92 Å². The molecule has 4 nitrogen and oxygen atoms in total. The second-order valence-corrected chi connectivity index (χ2v) is 4.59. The van der Waals surface area contributed by atoms with Gasteiger partial charge in [-0.1, -0.05) is 6.92 Å². The summed E-state index contributed by atoms with van der Waals surface area (Å²) >= 11 is 0. The molecule has 88 valence electrons. The topological polar surface area (TPSA) is 55.1 Å². The van der Waals surface area contributed by atoms with E-state index in [9.17, 15) is 4.79 Å². The Morgan fingerprint density at radius 3 is 2.88 bits per heavy atom. The van der Waals surface area contributed by atoms with Crippen LogP contribution in [0.25, 0.3) is 0 Å². The number of aryl methyl sites for hydroxylation is 1. The summed E-state index contributed by atoms with van der Waals surface area (Å²) in [6, 6.07) is 2.08. The molecule has 2 rings (SSSR count). The fourth-order valence-electron chi connectivity index (χ4n) is 1.95. The summed E-state index contributed by atoms with van der Waals surface area (Å²) in [6.45, 7) is 4.67. The molecule has 0 amide bonds. The number of rotatable bonds is 5. The fraction of sp³-hybridized carbons (Fsp3) is 0.667. The summed E-state index contributed by atoms with van der Waals surface area (Å²) in [5.41, 5.74) is 2.20. The van der Waals surface area contributed by atoms with E-state index >= 15 is 0 Å². The van der Waals surface area contributed by atoms with E-state index in [1.807, 2.05) is 4.68 Å². The molecule has 0 saturated heterocycles. The van der Waals surface area contributed by atoms with Gasteiger partial charge >= 0.3 is 5.97 Å². The Morgan fingerprint density at radius 2 is 2.38 bits per heavy atom. The van der Waals surface area contributed by atoms with Crippen molar-refractivity contribution >= 4 is 5.97 Å². The maximum absolute atomic E-state index is 10.8. The average Bonchev–Trinajstić information content (AvgIpc) is 3.00. The summed E-state index contributed by atoms with van der Waals surface area (Å²) < 4.78 is 2.02. The molecule has 1 heterocycles. The van der Waals surface area contributed by atoms with Gasteiger partial charge in [0, 0.05) is 24.6 Å². The first-order valence-electron chi connectivity index (χ1n) is 5.91. The lowest BCUT2D eigenvalue weighted by Gasteiger charge is -2.02. The third-order valence-corrected chi connectivity index (χ3v) is 3.09. The molecule has 0 bridgehead atoms. The molecule has 16 heavy (non-hydrogen) atoms. The molecule has 1 aromatic rings. The van der Waals surface area contributed by atoms with Gasteiger partial charge in [-0.05, 0) is 25.8 Å². The zero-order chi connectivity index (χ0) is 11.7. The minimum atomic E-state index is -0.751. The Morgan fingerprint density at radius 1 is 1.69 bits per heavy atom. The van der Waals surface area contributed by atoms with E-state index in [1.165, 1.54) is 18.5 Å². The Bertz CT molecular complexity index is 394. The number of hydrogen-bond donors (Lipinski definition) is 1. The van der Waals surface area contributed by atoms with E-state index in [0.717, 1.165) is 12.2 Å². The van der Waals surface area contributed by atoms with Gasteiger partial charge in [0.05, 0.1) is 11.6 Å². The zero-order valence-electron chi connectivity index (χ0n) is 9.81. The Hall–Kier alpha value is -1.32. The van der Waals surface area contributed by atoms with E-state index in [4.69, 9.17) is 5.11 Å². The molecule has 0 spiro atoms. The van der Waals surface area contributed by atoms with Gasteiger partial charge in [-0.25, -0.2) is 0 Å². The molecular weight excluding hydrogens is 204 g/mol. The molecule has 1 saturated carbocycles. The lowest BCUT2D eigenvalue weighted by Crippen LogP contribution is -2.12. The predicted octanol–water partition coefficient (Wildman–Crippen LogP) is 2.04. The minimum absolute atomic E-state index is 0.354. The highest BCUT2D eigenvalue weighted by Gasteiger charge is 2.28. The number of carboxylic acid groups (broad SMARTS) is 1. The van der Waals surface area contributed by atoms with E-state index in [-0.39, 0.29) is 5.92 Å². The molecular formula is C12H18N2O2. The van der Waals surface area contributed by atoms with Gasteiger partial charge in [0.25, 0.3) is 0 Å². The van der Waals surface area contributed by atoms with Crippen molar-refractivity contribution < 1.29 is 9.90 Å². The van der Waals surface area contributed by atoms with Crippen LogP contribution in [0.3, 0.4) is 0 Å². The summed E-state index contributed by atoms with van der Waals surface area (Å²) in [5.74, 6) is -0.437. The Balaban J connectivity index is 2.12. The van der Waals surface area contributed by atoms with Crippen molar-refractivity contribution in [3.05, 3.63) is 17.5 Å². The van der Waals surface area contributed by atoms with Gasteiger partial charge in [-0.3, -0.25) is 9.48 Å². The van der Waals surface area contributed by atoms with Crippen LogP contribution in [0.15, 0.2) is 6.07 Å². The van der Waals surface area contributed by atoms with Crippen molar-refractivity contribution in [3.63, 3.8) is 0 Å². The van der Waals surface area contributed by atoms with Crippen LogP contribution in [0.4, 0.5) is 0 Å². The fourth-order valence-corrected chi connectivity index (χ4v) is 1.95. The van der Waals surface area contributed by atoms with Crippen molar-refractivity contribution in [1.82, 2.24) is 9.78 Å². The summed E-state index contributed by atoms with van der Waals surface area (Å²) in [4.78, 5) is 10.8. The summed E-state index contributed by atoms with van der Waals surface area (Å²) in [6.07, 6.45) is 3.03. The van der Waals surface area contributed by atoms with Crippen LogP contribution in [0.2, 0.25) is 0 Å². The van der Waals surface area contributed by atoms with Crippen LogP contribution >= 0.6 is 0 Å². The molecule has 4 heteroatoms. The highest BCUT2D eigenvalue weighted by atomic mass is 16.4. The Labute approximate surface area is 95.3 Å². The quantitative estimate of drug-likeness (QED) is 0.829. The van der Waals surface area contributed by atoms with Crippen LogP contribution in [-0.2, 0) is 17.8 Å².